The van der Waals surface area contributed by atoms with Crippen LogP contribution in [0, 0.1) is 17.8 Å². The molecule has 0 N–H and O–H groups in total. The molecule has 0 aromatic heterocycles. The van der Waals surface area contributed by atoms with Crippen LogP contribution in [0.2, 0.25) is 0 Å². The molecule has 0 radical (unpaired) electrons. The minimum Gasteiger partial charge on any atom is -0.303 e. The predicted molar refractivity (Wildman–Crippen MR) is 125 cm³/mol. The molecule has 30 heavy (non-hydrogen) atoms. The van der Waals surface area contributed by atoms with E-state index >= 15 is 0 Å². The Kier molecular flexibility index (Phi) is 6.34. The standard InChI is InChI=1S/C28H36N2/c1-3-7-23(8-4-1)13-18-30(21-24-9-5-2-6-10-24)28-14-16-29(17-15-28)22-27-20-25-11-12-26(27)19-25/h1-12,25-28H,13-22H2/t25-,26-,27+/m0/s1. The Morgan fingerprint density at radius 1 is 0.800 bits per heavy atom. The second-order valence-electron chi connectivity index (χ2n) is 9.76. The van der Waals surface area contributed by atoms with Crippen LogP contribution in [0.3, 0.4) is 0 Å². The first kappa shape index (κ1) is 20.0. The average molecular weight is 401 g/mol. The van der Waals surface area contributed by atoms with Gasteiger partial charge in [0.1, 0.15) is 0 Å². The molecule has 1 saturated carbocycles. The van der Waals surface area contributed by atoms with Gasteiger partial charge in [0.05, 0.1) is 0 Å². The van der Waals surface area contributed by atoms with Gasteiger partial charge in [-0.3, -0.25) is 4.90 Å². The average Bonchev–Trinajstić information content (AvgIpc) is 3.42. The van der Waals surface area contributed by atoms with E-state index in [1.165, 1.54) is 56.4 Å². The number of fused-ring (bicyclic) bond motifs is 2. The minimum atomic E-state index is 0.713. The van der Waals surface area contributed by atoms with Crippen molar-refractivity contribution in [1.82, 2.24) is 9.80 Å². The van der Waals surface area contributed by atoms with E-state index in [1.807, 2.05) is 0 Å². The van der Waals surface area contributed by atoms with Crippen molar-refractivity contribution in [2.75, 3.05) is 26.2 Å². The molecular formula is C28H36N2. The summed E-state index contributed by atoms with van der Waals surface area (Å²) in [5.74, 6) is 2.71. The Balaban J connectivity index is 1.18. The zero-order chi connectivity index (χ0) is 20.2. The van der Waals surface area contributed by atoms with Crippen LogP contribution in [0.15, 0.2) is 72.8 Å². The molecule has 2 bridgehead atoms. The number of likely N-dealkylation sites (tertiary alicyclic amines) is 1. The van der Waals surface area contributed by atoms with Crippen molar-refractivity contribution in [3.63, 3.8) is 0 Å². The van der Waals surface area contributed by atoms with Gasteiger partial charge < -0.3 is 4.90 Å². The third kappa shape index (κ3) is 4.87. The molecule has 2 aromatic rings. The molecular weight excluding hydrogens is 364 g/mol. The second-order valence-corrected chi connectivity index (χ2v) is 9.76. The van der Waals surface area contributed by atoms with E-state index in [0.717, 1.165) is 37.3 Å². The lowest BCUT2D eigenvalue weighted by Crippen LogP contribution is -2.46. The minimum absolute atomic E-state index is 0.713. The first-order valence-corrected chi connectivity index (χ1v) is 12.1. The zero-order valence-electron chi connectivity index (χ0n) is 18.2. The molecule has 3 aliphatic rings. The van der Waals surface area contributed by atoms with Crippen LogP contribution in [0.4, 0.5) is 0 Å². The molecule has 1 saturated heterocycles. The first-order chi connectivity index (χ1) is 14.8. The van der Waals surface area contributed by atoms with Gasteiger partial charge in [0, 0.05) is 25.7 Å². The Morgan fingerprint density at radius 2 is 1.50 bits per heavy atom. The van der Waals surface area contributed by atoms with Gasteiger partial charge in [-0.25, -0.2) is 0 Å². The molecule has 0 amide bonds. The van der Waals surface area contributed by atoms with E-state index in [-0.39, 0.29) is 0 Å². The summed E-state index contributed by atoms with van der Waals surface area (Å²) in [7, 11) is 0. The highest BCUT2D eigenvalue weighted by Gasteiger charge is 2.37. The highest BCUT2D eigenvalue weighted by molar-refractivity contribution is 5.17. The van der Waals surface area contributed by atoms with Crippen LogP contribution in [0.5, 0.6) is 0 Å². The van der Waals surface area contributed by atoms with Crippen molar-refractivity contribution >= 4 is 0 Å². The Bertz CT molecular complexity index is 807. The maximum Gasteiger partial charge on any atom is 0.0236 e. The number of piperidine rings is 1. The Labute approximate surface area is 182 Å². The van der Waals surface area contributed by atoms with Crippen molar-refractivity contribution in [1.29, 1.82) is 0 Å². The summed E-state index contributed by atoms with van der Waals surface area (Å²) in [6.45, 7) is 6.12. The van der Waals surface area contributed by atoms with Crippen molar-refractivity contribution in [2.24, 2.45) is 17.8 Å². The molecule has 158 valence electrons. The highest BCUT2D eigenvalue weighted by Crippen LogP contribution is 2.43. The summed E-state index contributed by atoms with van der Waals surface area (Å²) >= 11 is 0. The number of nitrogens with zero attached hydrogens (tertiary/aromatic N) is 2. The van der Waals surface area contributed by atoms with Gasteiger partial charge in [-0.15, -0.1) is 0 Å². The normalized spacial score (nSPS) is 26.6. The van der Waals surface area contributed by atoms with Crippen molar-refractivity contribution < 1.29 is 0 Å². The molecule has 1 heterocycles. The van der Waals surface area contributed by atoms with Crippen LogP contribution in [-0.2, 0) is 13.0 Å². The lowest BCUT2D eigenvalue weighted by atomic mass is 9.92. The summed E-state index contributed by atoms with van der Waals surface area (Å²) < 4.78 is 0. The second kappa shape index (κ2) is 9.49. The third-order valence-electron chi connectivity index (χ3n) is 7.74. The number of allylic oxidation sites excluding steroid dienone is 2. The van der Waals surface area contributed by atoms with Crippen LogP contribution in [0.25, 0.3) is 0 Å². The van der Waals surface area contributed by atoms with E-state index in [1.54, 1.807) is 0 Å². The lowest BCUT2D eigenvalue weighted by Gasteiger charge is -2.40. The predicted octanol–water partition coefficient (Wildman–Crippen LogP) is 5.41. The summed E-state index contributed by atoms with van der Waals surface area (Å²) in [5, 5.41) is 0. The summed E-state index contributed by atoms with van der Waals surface area (Å²) in [6.07, 6.45) is 11.6. The fraction of sp³-hybridized carbons (Fsp3) is 0.500. The fourth-order valence-electron chi connectivity index (χ4n) is 6.03. The summed E-state index contributed by atoms with van der Waals surface area (Å²) in [4.78, 5) is 5.54. The Hall–Kier alpha value is -1.90. The quantitative estimate of drug-likeness (QED) is 0.547. The lowest BCUT2D eigenvalue weighted by molar-refractivity contribution is 0.0916. The van der Waals surface area contributed by atoms with Crippen molar-refractivity contribution in [3.8, 4) is 0 Å². The van der Waals surface area contributed by atoms with E-state index in [4.69, 9.17) is 0 Å². The van der Waals surface area contributed by atoms with Gasteiger partial charge in [-0.1, -0.05) is 72.8 Å². The summed E-state index contributed by atoms with van der Waals surface area (Å²) in [5.41, 5.74) is 2.90. The topological polar surface area (TPSA) is 6.48 Å². The molecule has 2 aromatic carbocycles. The largest absolute Gasteiger partial charge is 0.303 e. The van der Waals surface area contributed by atoms with Crippen molar-refractivity contribution in [2.45, 2.75) is 44.7 Å². The molecule has 2 nitrogen and oxygen atoms in total. The number of rotatable bonds is 8. The van der Waals surface area contributed by atoms with Crippen molar-refractivity contribution in [3.05, 3.63) is 83.9 Å². The highest BCUT2D eigenvalue weighted by atomic mass is 15.2. The number of benzene rings is 2. The molecule has 0 spiro atoms. The van der Waals surface area contributed by atoms with Crippen LogP contribution >= 0.6 is 0 Å². The SMILES string of the molecule is C1=C[C@H]2C[C@H]1C[C@@H]2CN1CCC(N(CCc2ccccc2)Cc2ccccc2)CC1. The Morgan fingerprint density at radius 3 is 2.13 bits per heavy atom. The number of hydrogen-bond donors (Lipinski definition) is 0. The molecule has 3 atom stereocenters. The molecule has 1 aliphatic heterocycles. The molecule has 0 unspecified atom stereocenters. The van der Waals surface area contributed by atoms with Gasteiger partial charge in [0.2, 0.25) is 0 Å². The van der Waals surface area contributed by atoms with Crippen LogP contribution < -0.4 is 0 Å². The smallest absolute Gasteiger partial charge is 0.0236 e. The van der Waals surface area contributed by atoms with Crippen LogP contribution in [0.1, 0.15) is 36.8 Å². The summed E-state index contributed by atoms with van der Waals surface area (Å²) in [6, 6.07) is 22.8. The molecule has 2 heteroatoms. The maximum atomic E-state index is 2.77. The molecule has 2 fully saturated rings. The third-order valence-corrected chi connectivity index (χ3v) is 7.74. The molecule has 2 aliphatic carbocycles. The fourth-order valence-corrected chi connectivity index (χ4v) is 6.03. The van der Waals surface area contributed by atoms with Gasteiger partial charge in [-0.05, 0) is 74.1 Å². The first-order valence-electron chi connectivity index (χ1n) is 12.1. The zero-order valence-corrected chi connectivity index (χ0v) is 18.2. The maximum absolute atomic E-state index is 2.77. The van der Waals surface area contributed by atoms with Gasteiger partial charge >= 0.3 is 0 Å². The van der Waals surface area contributed by atoms with Gasteiger partial charge in [0.25, 0.3) is 0 Å². The van der Waals surface area contributed by atoms with E-state index in [9.17, 15) is 0 Å². The van der Waals surface area contributed by atoms with Crippen LogP contribution in [-0.4, -0.2) is 42.0 Å². The number of hydrogen-bond acceptors (Lipinski definition) is 2. The van der Waals surface area contributed by atoms with Gasteiger partial charge in [-0.2, -0.15) is 0 Å². The van der Waals surface area contributed by atoms with E-state index in [0.29, 0.717) is 6.04 Å². The van der Waals surface area contributed by atoms with E-state index in [2.05, 4.69) is 82.6 Å². The van der Waals surface area contributed by atoms with Gasteiger partial charge in [0.15, 0.2) is 0 Å². The monoisotopic (exact) mass is 400 g/mol. The molecule has 5 rings (SSSR count). The van der Waals surface area contributed by atoms with E-state index < -0.39 is 0 Å².